The fourth-order valence-electron chi connectivity index (χ4n) is 1.87. The number of hydrogen-bond acceptors (Lipinski definition) is 4. The van der Waals surface area contributed by atoms with Crippen LogP contribution in [0.25, 0.3) is 0 Å². The van der Waals surface area contributed by atoms with Crippen molar-refractivity contribution in [1.82, 2.24) is 4.90 Å². The van der Waals surface area contributed by atoms with Crippen molar-refractivity contribution >= 4 is 11.9 Å². The van der Waals surface area contributed by atoms with Gasteiger partial charge in [0.25, 0.3) is 0 Å². The molecule has 1 amide bonds. The lowest BCUT2D eigenvalue weighted by atomic mass is 10.1. The van der Waals surface area contributed by atoms with Gasteiger partial charge in [0, 0.05) is 6.08 Å². The maximum Gasteiger partial charge on any atom is 0.413 e. The van der Waals surface area contributed by atoms with E-state index in [4.69, 9.17) is 9.47 Å². The number of hydrogen-bond donors (Lipinski definition) is 0. The van der Waals surface area contributed by atoms with Gasteiger partial charge in [-0.25, -0.2) is 4.79 Å². The Hall–Kier alpha value is -1.58. The summed E-state index contributed by atoms with van der Waals surface area (Å²) in [5.74, 6) is -0.272. The molecule has 0 aromatic rings. The maximum absolute atomic E-state index is 12.2. The predicted octanol–water partition coefficient (Wildman–Crippen LogP) is 2.27. The topological polar surface area (TPSA) is 55.8 Å². The van der Waals surface area contributed by atoms with Gasteiger partial charge in [-0.15, -0.1) is 5.73 Å². The minimum Gasteiger partial charge on any atom is -0.444 e. The van der Waals surface area contributed by atoms with Gasteiger partial charge in [-0.2, -0.15) is 0 Å². The summed E-state index contributed by atoms with van der Waals surface area (Å²) >= 11 is 0. The molecule has 1 fully saturated rings. The quantitative estimate of drug-likeness (QED) is 0.569. The van der Waals surface area contributed by atoms with Crippen molar-refractivity contribution in [1.29, 1.82) is 0 Å². The third-order valence-electron chi connectivity index (χ3n) is 2.65. The molecule has 0 bridgehead atoms. The Kier molecular flexibility index (Phi) is 4.23. The molecule has 0 N–H and O–H groups in total. The lowest BCUT2D eigenvalue weighted by Gasteiger charge is -2.34. The first-order chi connectivity index (χ1) is 8.58. The van der Waals surface area contributed by atoms with Gasteiger partial charge in [-0.3, -0.25) is 9.69 Å². The summed E-state index contributed by atoms with van der Waals surface area (Å²) in [6, 6.07) is -0.695. The van der Waals surface area contributed by atoms with Crippen LogP contribution >= 0.6 is 0 Å². The Bertz CT molecular complexity index is 427. The van der Waals surface area contributed by atoms with Gasteiger partial charge >= 0.3 is 6.09 Å². The Morgan fingerprint density at radius 1 is 1.47 bits per heavy atom. The molecule has 0 aromatic heterocycles. The van der Waals surface area contributed by atoms with Gasteiger partial charge < -0.3 is 9.47 Å². The molecule has 1 heterocycles. The molecule has 0 unspecified atom stereocenters. The Labute approximate surface area is 113 Å². The third kappa shape index (κ3) is 3.69. The van der Waals surface area contributed by atoms with E-state index in [9.17, 15) is 9.59 Å². The van der Waals surface area contributed by atoms with Gasteiger partial charge in [0.2, 0.25) is 0 Å². The maximum atomic E-state index is 12.2. The van der Waals surface area contributed by atoms with Crippen LogP contribution in [-0.4, -0.2) is 40.8 Å². The standard InChI is InChI=1S/C14H21NO4/c1-7-8-11(16)10-9-18-14(5,6)15(10)12(17)19-13(2,3)4/h8,10H,1,9H2,2-6H3/t10-/m1/s1. The van der Waals surface area contributed by atoms with Crippen molar-refractivity contribution in [2.45, 2.75) is 52.0 Å². The van der Waals surface area contributed by atoms with Crippen LogP contribution in [0, 0.1) is 0 Å². The first kappa shape index (κ1) is 15.5. The molecule has 1 rings (SSSR count). The summed E-state index contributed by atoms with van der Waals surface area (Å²) in [5.41, 5.74) is 0.916. The number of amides is 1. The highest BCUT2D eigenvalue weighted by molar-refractivity contribution is 5.96. The van der Waals surface area contributed by atoms with Crippen molar-refractivity contribution in [2.75, 3.05) is 6.61 Å². The van der Waals surface area contributed by atoms with Crippen LogP contribution in [0.3, 0.4) is 0 Å². The van der Waals surface area contributed by atoms with Crippen LogP contribution in [-0.2, 0) is 14.3 Å². The largest absolute Gasteiger partial charge is 0.444 e. The van der Waals surface area contributed by atoms with Gasteiger partial charge in [-0.1, -0.05) is 6.58 Å². The second-order valence-electron chi connectivity index (χ2n) is 5.87. The fourth-order valence-corrected chi connectivity index (χ4v) is 1.87. The molecule has 19 heavy (non-hydrogen) atoms. The third-order valence-corrected chi connectivity index (χ3v) is 2.65. The van der Waals surface area contributed by atoms with E-state index in [0.29, 0.717) is 0 Å². The highest BCUT2D eigenvalue weighted by Gasteiger charge is 2.48. The highest BCUT2D eigenvalue weighted by atomic mass is 16.6. The van der Waals surface area contributed by atoms with Crippen LogP contribution in [0.5, 0.6) is 0 Å². The molecule has 1 saturated heterocycles. The van der Waals surface area contributed by atoms with Crippen LogP contribution < -0.4 is 0 Å². The van der Waals surface area contributed by atoms with E-state index in [1.165, 1.54) is 11.0 Å². The summed E-state index contributed by atoms with van der Waals surface area (Å²) in [4.78, 5) is 25.5. The molecule has 5 nitrogen and oxygen atoms in total. The lowest BCUT2D eigenvalue weighted by Crippen LogP contribution is -2.51. The molecule has 0 spiro atoms. The van der Waals surface area contributed by atoms with E-state index >= 15 is 0 Å². The average Bonchev–Trinajstić information content (AvgIpc) is 2.51. The minimum atomic E-state index is -0.877. The number of carbonyl (C=O) groups is 2. The average molecular weight is 267 g/mol. The van der Waals surface area contributed by atoms with Crippen LogP contribution in [0.2, 0.25) is 0 Å². The molecule has 106 valence electrons. The number of ether oxygens (including phenoxy) is 2. The summed E-state index contributed by atoms with van der Waals surface area (Å²) in [7, 11) is 0. The molecule has 0 radical (unpaired) electrons. The van der Waals surface area contributed by atoms with Gasteiger partial charge in [0.15, 0.2) is 5.78 Å². The van der Waals surface area contributed by atoms with Crippen molar-refractivity contribution in [2.24, 2.45) is 0 Å². The van der Waals surface area contributed by atoms with E-state index in [0.717, 1.165) is 0 Å². The Morgan fingerprint density at radius 2 is 2.05 bits per heavy atom. The fraction of sp³-hybridized carbons (Fsp3) is 0.643. The van der Waals surface area contributed by atoms with Crippen molar-refractivity contribution in [3.8, 4) is 0 Å². The summed E-state index contributed by atoms with van der Waals surface area (Å²) in [6.07, 6.45) is 0.651. The first-order valence-electron chi connectivity index (χ1n) is 6.14. The zero-order chi connectivity index (χ0) is 14.8. The zero-order valence-electron chi connectivity index (χ0n) is 12.1. The number of carbonyl (C=O) groups excluding carboxylic acids is 2. The molecule has 1 aliphatic heterocycles. The second kappa shape index (κ2) is 5.19. The smallest absolute Gasteiger partial charge is 0.413 e. The van der Waals surface area contributed by atoms with E-state index in [1.54, 1.807) is 34.6 Å². The van der Waals surface area contributed by atoms with Crippen LogP contribution in [0.4, 0.5) is 4.79 Å². The number of nitrogens with zero attached hydrogens (tertiary/aromatic N) is 1. The molecule has 0 aromatic carbocycles. The highest BCUT2D eigenvalue weighted by Crippen LogP contribution is 2.29. The van der Waals surface area contributed by atoms with E-state index < -0.39 is 23.5 Å². The molecular formula is C14H21NO4. The van der Waals surface area contributed by atoms with Gasteiger partial charge in [0.1, 0.15) is 17.4 Å². The Balaban J connectivity index is 2.99. The second-order valence-corrected chi connectivity index (χ2v) is 5.87. The predicted molar refractivity (Wildman–Crippen MR) is 70.6 cm³/mol. The van der Waals surface area contributed by atoms with Gasteiger partial charge in [0.05, 0.1) is 6.61 Å². The normalized spacial score (nSPS) is 21.7. The number of ketones is 1. The van der Waals surface area contributed by atoms with E-state index in [2.05, 4.69) is 12.3 Å². The number of rotatable bonds is 2. The van der Waals surface area contributed by atoms with Crippen molar-refractivity contribution in [3.05, 3.63) is 18.4 Å². The SMILES string of the molecule is C=C=CC(=O)[C@H]1COC(C)(C)N1C(=O)OC(C)(C)C. The van der Waals surface area contributed by atoms with Crippen LogP contribution in [0.1, 0.15) is 34.6 Å². The minimum absolute atomic E-state index is 0.142. The van der Waals surface area contributed by atoms with Crippen molar-refractivity contribution in [3.63, 3.8) is 0 Å². The summed E-state index contributed by atoms with van der Waals surface area (Å²) in [6.45, 7) is 12.3. The summed E-state index contributed by atoms with van der Waals surface area (Å²) < 4.78 is 10.8. The molecular weight excluding hydrogens is 246 g/mol. The zero-order valence-corrected chi connectivity index (χ0v) is 12.1. The summed E-state index contributed by atoms with van der Waals surface area (Å²) in [5, 5.41) is 0. The lowest BCUT2D eigenvalue weighted by molar-refractivity contribution is -0.120. The molecule has 1 atom stereocenters. The molecule has 5 heteroatoms. The van der Waals surface area contributed by atoms with Crippen LogP contribution in [0.15, 0.2) is 18.4 Å². The van der Waals surface area contributed by atoms with E-state index in [-0.39, 0.29) is 12.4 Å². The molecule has 1 aliphatic rings. The molecule has 0 saturated carbocycles. The monoisotopic (exact) mass is 267 g/mol. The van der Waals surface area contributed by atoms with Gasteiger partial charge in [-0.05, 0) is 34.6 Å². The molecule has 0 aliphatic carbocycles. The Morgan fingerprint density at radius 3 is 2.53 bits per heavy atom. The first-order valence-corrected chi connectivity index (χ1v) is 6.14. The van der Waals surface area contributed by atoms with Crippen molar-refractivity contribution < 1.29 is 19.1 Å². The van der Waals surface area contributed by atoms with E-state index in [1.807, 2.05) is 0 Å².